The van der Waals surface area contributed by atoms with E-state index in [9.17, 15) is 48.3 Å². The lowest BCUT2D eigenvalue weighted by Gasteiger charge is -2.42. The first-order chi connectivity index (χ1) is 10.5. The van der Waals surface area contributed by atoms with Crippen LogP contribution in [0.5, 0.6) is 0 Å². The van der Waals surface area contributed by atoms with Gasteiger partial charge in [-0.15, -0.1) is 0 Å². The Labute approximate surface area is 127 Å². The van der Waals surface area contributed by atoms with Crippen molar-refractivity contribution < 1.29 is 57.8 Å². The van der Waals surface area contributed by atoms with E-state index in [0.717, 1.165) is 0 Å². The number of rotatable bonds is 9. The zero-order valence-electron chi connectivity index (χ0n) is 11.8. The van der Waals surface area contributed by atoms with Crippen molar-refractivity contribution in [3.05, 3.63) is 0 Å². The first-order valence-electron chi connectivity index (χ1n) is 6.20. The van der Waals surface area contributed by atoms with E-state index in [1.165, 1.54) is 0 Å². The molecular weight excluding hydrogens is 373 g/mol. The fraction of sp³-hybridized carbons (Fsp3) is 1.00. The summed E-state index contributed by atoms with van der Waals surface area (Å²) in [5.74, 6) is -25.6. The van der Waals surface area contributed by atoms with Crippen LogP contribution >= 0.6 is 0 Å². The lowest BCUT2D eigenvalue weighted by atomic mass is 9.85. The molecule has 0 aliphatic carbocycles. The molecule has 1 fully saturated rings. The van der Waals surface area contributed by atoms with Gasteiger partial charge in [0.1, 0.15) is 12.7 Å². The molecule has 0 spiro atoms. The zero-order chi connectivity index (χ0) is 19.2. The Balaban J connectivity index is 3.06. The largest absolute Gasteiger partial charge is 0.372 e. The van der Waals surface area contributed by atoms with Gasteiger partial charge in [0.2, 0.25) is 5.67 Å². The summed E-state index contributed by atoms with van der Waals surface area (Å²) in [5.41, 5.74) is -6.01. The molecule has 1 heterocycles. The van der Waals surface area contributed by atoms with Crippen LogP contribution in [0.25, 0.3) is 0 Å². The van der Waals surface area contributed by atoms with Crippen molar-refractivity contribution in [2.75, 3.05) is 19.8 Å². The quantitative estimate of drug-likeness (QED) is 0.444. The SMILES string of the molecule is CC(F)(C(F)(F)C(F)(F)COCC1CO1)C(F)(F)C(F)(F)C(F)F. The Bertz CT molecular complexity index is 445. The molecule has 0 amide bonds. The molecular formula is C11H11F11O2. The molecule has 1 aliphatic rings. The van der Waals surface area contributed by atoms with Gasteiger partial charge in [0, 0.05) is 0 Å². The Morgan fingerprint density at radius 1 is 0.958 bits per heavy atom. The minimum absolute atomic E-state index is 0.0570. The van der Waals surface area contributed by atoms with E-state index in [2.05, 4.69) is 9.47 Å². The lowest BCUT2D eigenvalue weighted by Crippen LogP contribution is -2.70. The van der Waals surface area contributed by atoms with Gasteiger partial charge in [0.25, 0.3) is 0 Å². The predicted molar refractivity (Wildman–Crippen MR) is 55.9 cm³/mol. The van der Waals surface area contributed by atoms with Crippen molar-refractivity contribution in [1.29, 1.82) is 0 Å². The van der Waals surface area contributed by atoms with E-state index in [1.54, 1.807) is 0 Å². The molecule has 1 rings (SSSR count). The first kappa shape index (κ1) is 21.2. The summed E-state index contributed by atoms with van der Waals surface area (Å²) in [6.07, 6.45) is -5.97. The minimum atomic E-state index is -6.80. The summed E-state index contributed by atoms with van der Waals surface area (Å²) in [6, 6.07) is 0. The molecule has 1 saturated heterocycles. The summed E-state index contributed by atoms with van der Waals surface area (Å²) in [7, 11) is 0. The standard InChI is InChI=1S/C11H11F11O2/c1-7(14,11(21,22)9(17,18)6(12)13)10(19,20)8(15,16)4-23-2-5-3-24-5/h5-6H,2-4H2,1H3. The van der Waals surface area contributed by atoms with Crippen LogP contribution in [0.4, 0.5) is 48.3 Å². The van der Waals surface area contributed by atoms with E-state index in [4.69, 9.17) is 0 Å². The molecule has 2 unspecified atom stereocenters. The monoisotopic (exact) mass is 384 g/mol. The third-order valence-electron chi connectivity index (χ3n) is 3.32. The summed E-state index contributed by atoms with van der Waals surface area (Å²) in [6.45, 7) is -3.91. The molecule has 2 atom stereocenters. The van der Waals surface area contributed by atoms with Gasteiger partial charge in [-0.2, -0.15) is 35.1 Å². The van der Waals surface area contributed by atoms with Crippen molar-refractivity contribution in [2.45, 2.75) is 48.8 Å². The van der Waals surface area contributed by atoms with Crippen molar-refractivity contribution in [3.63, 3.8) is 0 Å². The van der Waals surface area contributed by atoms with Crippen molar-refractivity contribution in [1.82, 2.24) is 0 Å². The maximum Gasteiger partial charge on any atom is 0.372 e. The third kappa shape index (κ3) is 3.28. The van der Waals surface area contributed by atoms with Crippen LogP contribution in [-0.2, 0) is 9.47 Å². The van der Waals surface area contributed by atoms with Crippen LogP contribution in [0.2, 0.25) is 0 Å². The van der Waals surface area contributed by atoms with Crippen LogP contribution in [0, 0.1) is 0 Å². The smallest absolute Gasteiger partial charge is 0.372 e. The van der Waals surface area contributed by atoms with E-state index < -0.39 is 62.0 Å². The molecule has 0 bridgehead atoms. The third-order valence-corrected chi connectivity index (χ3v) is 3.32. The second kappa shape index (κ2) is 6.15. The van der Waals surface area contributed by atoms with Crippen molar-refractivity contribution >= 4 is 0 Å². The van der Waals surface area contributed by atoms with E-state index >= 15 is 0 Å². The maximum absolute atomic E-state index is 13.7. The molecule has 0 N–H and O–H groups in total. The van der Waals surface area contributed by atoms with Crippen molar-refractivity contribution in [2.24, 2.45) is 0 Å². The normalized spacial score (nSPS) is 22.6. The summed E-state index contributed by atoms with van der Waals surface area (Å²) in [4.78, 5) is 0. The van der Waals surface area contributed by atoms with Crippen LogP contribution in [0.15, 0.2) is 0 Å². The van der Waals surface area contributed by atoms with Crippen LogP contribution < -0.4 is 0 Å². The predicted octanol–water partition coefficient (Wildman–Crippen LogP) is 3.94. The highest BCUT2D eigenvalue weighted by molar-refractivity contribution is 5.12. The highest BCUT2D eigenvalue weighted by atomic mass is 19.4. The Morgan fingerprint density at radius 3 is 1.79 bits per heavy atom. The number of halogens is 11. The van der Waals surface area contributed by atoms with Crippen LogP contribution in [0.3, 0.4) is 0 Å². The average Bonchev–Trinajstić information content (AvgIpc) is 3.21. The fourth-order valence-electron chi connectivity index (χ4n) is 1.56. The van der Waals surface area contributed by atoms with Crippen LogP contribution in [0.1, 0.15) is 6.92 Å². The summed E-state index contributed by atoms with van der Waals surface area (Å²) < 4.78 is 152. The molecule has 0 radical (unpaired) electrons. The number of hydrogen-bond acceptors (Lipinski definition) is 2. The van der Waals surface area contributed by atoms with E-state index in [-0.39, 0.29) is 6.61 Å². The number of epoxide rings is 1. The van der Waals surface area contributed by atoms with Gasteiger partial charge < -0.3 is 9.47 Å². The molecule has 144 valence electrons. The summed E-state index contributed by atoms with van der Waals surface area (Å²) >= 11 is 0. The van der Waals surface area contributed by atoms with Gasteiger partial charge >= 0.3 is 30.1 Å². The second-order valence-corrected chi connectivity index (χ2v) is 5.25. The van der Waals surface area contributed by atoms with Gasteiger partial charge in [0.15, 0.2) is 0 Å². The highest BCUT2D eigenvalue weighted by Crippen LogP contribution is 2.57. The van der Waals surface area contributed by atoms with E-state index in [1.807, 2.05) is 0 Å². The molecule has 24 heavy (non-hydrogen) atoms. The molecule has 0 aromatic carbocycles. The number of alkyl halides is 11. The Kier molecular flexibility index (Phi) is 5.43. The van der Waals surface area contributed by atoms with Crippen LogP contribution in [-0.4, -0.2) is 61.7 Å². The van der Waals surface area contributed by atoms with Gasteiger partial charge in [-0.25, -0.2) is 13.2 Å². The molecule has 1 aliphatic heterocycles. The van der Waals surface area contributed by atoms with Gasteiger partial charge in [-0.3, -0.25) is 0 Å². The zero-order valence-corrected chi connectivity index (χ0v) is 11.8. The van der Waals surface area contributed by atoms with E-state index in [0.29, 0.717) is 0 Å². The molecule has 2 nitrogen and oxygen atoms in total. The van der Waals surface area contributed by atoms with Gasteiger partial charge in [-0.05, 0) is 6.92 Å². The maximum atomic E-state index is 13.7. The van der Waals surface area contributed by atoms with Gasteiger partial charge in [-0.1, -0.05) is 0 Å². The molecule has 0 aromatic rings. The molecule has 0 aromatic heterocycles. The Hall–Kier alpha value is -0.850. The Morgan fingerprint density at radius 2 is 1.42 bits per heavy atom. The fourth-order valence-corrected chi connectivity index (χ4v) is 1.56. The molecule has 0 saturated carbocycles. The lowest BCUT2D eigenvalue weighted by molar-refractivity contribution is -0.375. The topological polar surface area (TPSA) is 21.8 Å². The highest BCUT2D eigenvalue weighted by Gasteiger charge is 2.84. The molecule has 13 heteroatoms. The van der Waals surface area contributed by atoms with Gasteiger partial charge in [0.05, 0.1) is 13.2 Å². The first-order valence-corrected chi connectivity index (χ1v) is 6.20. The number of ether oxygens (including phenoxy) is 2. The second-order valence-electron chi connectivity index (χ2n) is 5.25. The minimum Gasteiger partial charge on any atom is -0.372 e. The summed E-state index contributed by atoms with van der Waals surface area (Å²) in [5, 5.41) is 0. The average molecular weight is 384 g/mol. The number of hydrogen-bond donors (Lipinski definition) is 0. The van der Waals surface area contributed by atoms with Crippen molar-refractivity contribution in [3.8, 4) is 0 Å².